The van der Waals surface area contributed by atoms with Gasteiger partial charge in [-0.2, -0.15) is 5.10 Å². The molecule has 0 bridgehead atoms. The van der Waals surface area contributed by atoms with Crippen molar-refractivity contribution in [3.63, 3.8) is 0 Å². The second kappa shape index (κ2) is 5.12. The Balaban J connectivity index is 1.82. The molecule has 1 N–H and O–H groups in total. The van der Waals surface area contributed by atoms with Crippen LogP contribution in [0.25, 0.3) is 0 Å². The standard InChI is InChI=1S/C12H20N4S/c1-4-12(2)9-17-11(15-12)13-6-5-10-7-14-16(3)8-10/h7-8H,4-6,9H2,1-3H3,(H,13,15). The van der Waals surface area contributed by atoms with Crippen LogP contribution in [0.3, 0.4) is 0 Å². The molecular formula is C12H20N4S. The van der Waals surface area contributed by atoms with E-state index in [4.69, 9.17) is 0 Å². The molecule has 1 unspecified atom stereocenters. The third kappa shape index (κ3) is 3.25. The van der Waals surface area contributed by atoms with Gasteiger partial charge in [-0.3, -0.25) is 9.67 Å². The molecule has 2 rings (SSSR count). The maximum atomic E-state index is 4.60. The summed E-state index contributed by atoms with van der Waals surface area (Å²) in [6.07, 6.45) is 6.06. The summed E-state index contributed by atoms with van der Waals surface area (Å²) in [5, 5.41) is 8.75. The predicted octanol–water partition coefficient (Wildman–Crippen LogP) is 1.82. The zero-order valence-electron chi connectivity index (χ0n) is 10.7. The van der Waals surface area contributed by atoms with Crippen LogP contribution in [0.15, 0.2) is 17.4 Å². The first-order valence-corrected chi connectivity index (χ1v) is 7.03. The Morgan fingerprint density at radius 2 is 2.47 bits per heavy atom. The Labute approximate surface area is 107 Å². The van der Waals surface area contributed by atoms with Gasteiger partial charge in [0.15, 0.2) is 5.17 Å². The predicted molar refractivity (Wildman–Crippen MR) is 73.5 cm³/mol. The number of rotatable bonds is 4. The third-order valence-electron chi connectivity index (χ3n) is 3.13. The van der Waals surface area contributed by atoms with Crippen LogP contribution < -0.4 is 5.32 Å². The van der Waals surface area contributed by atoms with Crippen LogP contribution in [0.1, 0.15) is 25.8 Å². The number of aliphatic imine (C=N–C) groups is 1. The van der Waals surface area contributed by atoms with E-state index in [2.05, 4.69) is 29.3 Å². The maximum absolute atomic E-state index is 4.60. The van der Waals surface area contributed by atoms with Crippen LogP contribution in [-0.2, 0) is 13.5 Å². The van der Waals surface area contributed by atoms with Crippen LogP contribution >= 0.6 is 11.8 Å². The van der Waals surface area contributed by atoms with E-state index in [1.165, 1.54) is 5.56 Å². The van der Waals surface area contributed by atoms with Gasteiger partial charge >= 0.3 is 0 Å². The maximum Gasteiger partial charge on any atom is 0.157 e. The minimum atomic E-state index is 0.234. The van der Waals surface area contributed by atoms with Gasteiger partial charge in [-0.25, -0.2) is 0 Å². The molecule has 5 heteroatoms. The summed E-state index contributed by atoms with van der Waals surface area (Å²) >= 11 is 1.83. The molecule has 1 aromatic heterocycles. The SMILES string of the molecule is CCC1(C)CSC(=NCCc2cnn(C)c2)N1. The summed E-state index contributed by atoms with van der Waals surface area (Å²) in [6, 6.07) is 0. The Morgan fingerprint density at radius 3 is 3.06 bits per heavy atom. The lowest BCUT2D eigenvalue weighted by Crippen LogP contribution is -2.39. The molecule has 0 aromatic carbocycles. The lowest BCUT2D eigenvalue weighted by Gasteiger charge is -2.20. The average Bonchev–Trinajstić information content (AvgIpc) is 2.87. The van der Waals surface area contributed by atoms with E-state index in [9.17, 15) is 0 Å². The molecule has 1 fully saturated rings. The Bertz CT molecular complexity index is 412. The zero-order valence-corrected chi connectivity index (χ0v) is 11.5. The summed E-state index contributed by atoms with van der Waals surface area (Å²) < 4.78 is 1.83. The summed E-state index contributed by atoms with van der Waals surface area (Å²) in [5.41, 5.74) is 1.48. The van der Waals surface area contributed by atoms with E-state index in [1.54, 1.807) is 0 Å². The minimum Gasteiger partial charge on any atom is -0.359 e. The molecule has 1 atom stereocenters. The molecule has 0 saturated carbocycles. The molecule has 1 aliphatic rings. The van der Waals surface area contributed by atoms with Crippen molar-refractivity contribution in [2.24, 2.45) is 12.0 Å². The Morgan fingerprint density at radius 1 is 1.65 bits per heavy atom. The highest BCUT2D eigenvalue weighted by molar-refractivity contribution is 8.14. The number of nitrogens with one attached hydrogen (secondary N) is 1. The van der Waals surface area contributed by atoms with Crippen molar-refractivity contribution in [1.82, 2.24) is 15.1 Å². The highest BCUT2D eigenvalue weighted by Gasteiger charge is 2.30. The molecule has 1 aromatic rings. The second-order valence-electron chi connectivity index (χ2n) is 4.79. The van der Waals surface area contributed by atoms with Gasteiger partial charge in [0.2, 0.25) is 0 Å². The first-order chi connectivity index (χ1) is 8.11. The number of aromatic nitrogens is 2. The van der Waals surface area contributed by atoms with Crippen molar-refractivity contribution >= 4 is 16.9 Å². The van der Waals surface area contributed by atoms with E-state index in [1.807, 2.05) is 35.9 Å². The Kier molecular flexibility index (Phi) is 3.76. The molecular weight excluding hydrogens is 232 g/mol. The number of thioether (sulfide) groups is 1. The van der Waals surface area contributed by atoms with Gasteiger partial charge in [-0.15, -0.1) is 0 Å². The van der Waals surface area contributed by atoms with E-state index >= 15 is 0 Å². The highest BCUT2D eigenvalue weighted by atomic mass is 32.2. The van der Waals surface area contributed by atoms with Gasteiger partial charge in [0, 0.05) is 31.1 Å². The number of aryl methyl sites for hydroxylation is 1. The molecule has 1 saturated heterocycles. The minimum absolute atomic E-state index is 0.234. The van der Waals surface area contributed by atoms with Gasteiger partial charge < -0.3 is 5.32 Å². The molecule has 0 spiro atoms. The molecule has 0 aliphatic carbocycles. The average molecular weight is 252 g/mol. The second-order valence-corrected chi connectivity index (χ2v) is 5.75. The molecule has 4 nitrogen and oxygen atoms in total. The number of hydrogen-bond donors (Lipinski definition) is 1. The molecule has 2 heterocycles. The van der Waals surface area contributed by atoms with Crippen molar-refractivity contribution in [3.05, 3.63) is 18.0 Å². The smallest absolute Gasteiger partial charge is 0.157 e. The Hall–Kier alpha value is -0.970. The van der Waals surface area contributed by atoms with E-state index in [-0.39, 0.29) is 5.54 Å². The fourth-order valence-electron chi connectivity index (χ4n) is 1.72. The fourth-order valence-corrected chi connectivity index (χ4v) is 2.95. The zero-order chi connectivity index (χ0) is 12.3. The first kappa shape index (κ1) is 12.5. The summed E-state index contributed by atoms with van der Waals surface area (Å²) in [5.74, 6) is 1.12. The summed E-state index contributed by atoms with van der Waals surface area (Å²) in [4.78, 5) is 4.60. The van der Waals surface area contributed by atoms with E-state index < -0.39 is 0 Å². The van der Waals surface area contributed by atoms with Crippen molar-refractivity contribution in [2.75, 3.05) is 12.3 Å². The molecule has 94 valence electrons. The van der Waals surface area contributed by atoms with Crippen LogP contribution in [-0.4, -0.2) is 32.8 Å². The monoisotopic (exact) mass is 252 g/mol. The largest absolute Gasteiger partial charge is 0.359 e. The number of hydrogen-bond acceptors (Lipinski definition) is 3. The summed E-state index contributed by atoms with van der Waals surface area (Å²) in [6.45, 7) is 5.30. The van der Waals surface area contributed by atoms with Crippen LogP contribution in [0, 0.1) is 0 Å². The van der Waals surface area contributed by atoms with E-state index in [0.717, 1.165) is 30.3 Å². The lowest BCUT2D eigenvalue weighted by molar-refractivity contribution is 0.466. The van der Waals surface area contributed by atoms with Gasteiger partial charge in [0.05, 0.1) is 6.20 Å². The van der Waals surface area contributed by atoms with Crippen molar-refractivity contribution in [2.45, 2.75) is 32.2 Å². The van der Waals surface area contributed by atoms with Gasteiger partial charge in [0.1, 0.15) is 0 Å². The summed E-state index contributed by atoms with van der Waals surface area (Å²) in [7, 11) is 1.94. The molecule has 0 amide bonds. The van der Waals surface area contributed by atoms with Crippen molar-refractivity contribution in [1.29, 1.82) is 0 Å². The van der Waals surface area contributed by atoms with Gasteiger partial charge in [0.25, 0.3) is 0 Å². The van der Waals surface area contributed by atoms with Crippen LogP contribution in [0.5, 0.6) is 0 Å². The van der Waals surface area contributed by atoms with Crippen LogP contribution in [0.4, 0.5) is 0 Å². The first-order valence-electron chi connectivity index (χ1n) is 6.04. The quantitative estimate of drug-likeness (QED) is 0.889. The molecule has 17 heavy (non-hydrogen) atoms. The molecule has 1 aliphatic heterocycles. The fraction of sp³-hybridized carbons (Fsp3) is 0.667. The van der Waals surface area contributed by atoms with Crippen LogP contribution in [0.2, 0.25) is 0 Å². The number of amidine groups is 1. The molecule has 0 radical (unpaired) electrons. The van der Waals surface area contributed by atoms with E-state index in [0.29, 0.717) is 0 Å². The highest BCUT2D eigenvalue weighted by Crippen LogP contribution is 2.25. The third-order valence-corrected chi connectivity index (χ3v) is 4.42. The van der Waals surface area contributed by atoms with Crippen molar-refractivity contribution < 1.29 is 0 Å². The van der Waals surface area contributed by atoms with Crippen molar-refractivity contribution in [3.8, 4) is 0 Å². The number of nitrogens with zero attached hydrogens (tertiary/aromatic N) is 3. The van der Waals surface area contributed by atoms with Gasteiger partial charge in [-0.05, 0) is 25.3 Å². The van der Waals surface area contributed by atoms with Gasteiger partial charge in [-0.1, -0.05) is 18.7 Å². The topological polar surface area (TPSA) is 42.2 Å². The lowest BCUT2D eigenvalue weighted by atomic mass is 10.0. The normalized spacial score (nSPS) is 26.4.